The van der Waals surface area contributed by atoms with Gasteiger partial charge in [0.2, 0.25) is 0 Å². The second-order valence-corrected chi connectivity index (χ2v) is 21.1. The number of carbonyl (C=O) groups is 2. The quantitative estimate of drug-likeness (QED) is 0.0372. The van der Waals surface area contributed by atoms with Crippen LogP contribution in [0.2, 0.25) is 0 Å². The molecule has 0 saturated carbocycles. The zero-order valence-corrected chi connectivity index (χ0v) is 44.8. The molecule has 6 aliphatic rings. The SMILES string of the molecule is Cc1c(N2CC(COc3ccc(C(c4ccc(OCC5CO5)cc4)c4ccc(OCC5CO5)cc4)cc3)OC2=O)cccc1N1CC(COc2ccc(C(c3ccc(OCC4CO4)cc3)c3ccc(OCC4CO4)cc3)cc2)OC1=O. The van der Waals surface area contributed by atoms with E-state index < -0.39 is 24.4 Å². The number of anilines is 2. The number of rotatable bonds is 26. The van der Waals surface area contributed by atoms with Crippen LogP contribution in [-0.2, 0) is 28.4 Å². The minimum Gasteiger partial charge on any atom is -0.491 e. The summed E-state index contributed by atoms with van der Waals surface area (Å²) >= 11 is 0. The first kappa shape index (κ1) is 52.1. The number of amides is 2. The van der Waals surface area contributed by atoms with Gasteiger partial charge in [0.05, 0.1) is 50.9 Å². The van der Waals surface area contributed by atoms with Gasteiger partial charge < -0.3 is 56.8 Å². The van der Waals surface area contributed by atoms with E-state index in [2.05, 4.69) is 72.8 Å². The molecule has 416 valence electrons. The van der Waals surface area contributed by atoms with Crippen molar-refractivity contribution in [1.82, 2.24) is 0 Å². The summed E-state index contributed by atoms with van der Waals surface area (Å²) in [5.74, 6) is 4.31. The lowest BCUT2D eigenvalue weighted by molar-refractivity contribution is 0.104. The monoisotopic (exact) mass is 1090 g/mol. The Hall–Kier alpha value is -8.28. The maximum absolute atomic E-state index is 13.5. The Morgan fingerprint density at radius 1 is 0.358 bits per heavy atom. The van der Waals surface area contributed by atoms with Gasteiger partial charge >= 0.3 is 12.2 Å². The zero-order valence-electron chi connectivity index (χ0n) is 44.8. The van der Waals surface area contributed by atoms with Gasteiger partial charge in [0.1, 0.15) is 98.6 Å². The van der Waals surface area contributed by atoms with Crippen molar-refractivity contribution in [1.29, 1.82) is 0 Å². The fourth-order valence-corrected chi connectivity index (χ4v) is 10.3. The summed E-state index contributed by atoms with van der Waals surface area (Å²) in [5.41, 5.74) is 8.55. The summed E-state index contributed by atoms with van der Waals surface area (Å²) in [4.78, 5) is 30.1. The second-order valence-electron chi connectivity index (χ2n) is 21.1. The van der Waals surface area contributed by atoms with Crippen LogP contribution < -0.4 is 38.2 Å². The highest BCUT2D eigenvalue weighted by atomic mass is 16.6. The number of cyclic esters (lactones) is 2. The molecule has 81 heavy (non-hydrogen) atoms. The average molecular weight is 1100 g/mol. The molecule has 7 aromatic carbocycles. The maximum atomic E-state index is 13.5. The standard InChI is InChI=1S/C65H62N2O14/c1-41-60(66-29-54(80-64(66)68)31-70-48-17-5-42(6-18-48)62(44-9-21-50(22-10-44)72-33-56-37-76-56)45-11-23-51(24-12-45)73-34-57-38-77-57)3-2-4-61(41)67-30-55(81-65(67)69)32-71-49-19-7-43(8-20-49)63(46-13-25-52(26-14-46)74-35-58-39-78-58)47-15-27-53(28-16-47)75-36-59-40-79-59/h2-28,54-59,62-63H,29-40H2,1H3. The molecular formula is C65H62N2O14. The molecule has 6 aliphatic heterocycles. The van der Waals surface area contributed by atoms with Crippen LogP contribution in [0, 0.1) is 6.92 Å². The van der Waals surface area contributed by atoms with Gasteiger partial charge in [-0.3, -0.25) is 9.80 Å². The van der Waals surface area contributed by atoms with E-state index in [4.69, 9.17) is 56.8 Å². The van der Waals surface area contributed by atoms with Gasteiger partial charge in [-0.1, -0.05) is 78.9 Å². The van der Waals surface area contributed by atoms with Crippen molar-refractivity contribution < 1.29 is 66.4 Å². The molecule has 16 heteroatoms. The van der Waals surface area contributed by atoms with Crippen LogP contribution in [0.5, 0.6) is 34.5 Å². The minimum atomic E-state index is -0.538. The fraction of sp³-hybridized carbons (Fsp3) is 0.323. The van der Waals surface area contributed by atoms with Crippen LogP contribution in [0.25, 0.3) is 0 Å². The number of nitrogens with zero attached hydrogens (tertiary/aromatic N) is 2. The van der Waals surface area contributed by atoms with Crippen molar-refractivity contribution in [2.24, 2.45) is 0 Å². The van der Waals surface area contributed by atoms with Crippen LogP contribution in [0.1, 0.15) is 50.8 Å². The Labute approximate surface area is 469 Å². The second kappa shape index (κ2) is 23.4. The molecule has 0 radical (unpaired) electrons. The normalized spacial score (nSPS) is 22.0. The smallest absolute Gasteiger partial charge is 0.414 e. The number of hydrogen-bond acceptors (Lipinski definition) is 14. The molecular weight excluding hydrogens is 1030 g/mol. The van der Waals surface area contributed by atoms with E-state index in [9.17, 15) is 9.59 Å². The predicted octanol–water partition coefficient (Wildman–Crippen LogP) is 10.3. The first-order valence-corrected chi connectivity index (χ1v) is 27.7. The zero-order chi connectivity index (χ0) is 54.7. The molecule has 6 heterocycles. The van der Waals surface area contributed by atoms with E-state index in [1.807, 2.05) is 97.9 Å². The molecule has 0 N–H and O–H groups in total. The van der Waals surface area contributed by atoms with Gasteiger partial charge in [-0.25, -0.2) is 9.59 Å². The summed E-state index contributed by atoms with van der Waals surface area (Å²) in [5, 5.41) is 0. The molecule has 0 aliphatic carbocycles. The van der Waals surface area contributed by atoms with Crippen molar-refractivity contribution in [2.45, 2.75) is 55.4 Å². The molecule has 6 unspecified atom stereocenters. The van der Waals surface area contributed by atoms with Crippen LogP contribution in [0.15, 0.2) is 164 Å². The molecule has 6 atom stereocenters. The van der Waals surface area contributed by atoms with Crippen LogP contribution >= 0.6 is 0 Å². The Morgan fingerprint density at radius 2 is 0.580 bits per heavy atom. The minimum absolute atomic E-state index is 0.0806. The highest BCUT2D eigenvalue weighted by molar-refractivity contribution is 5.95. The molecule has 13 rings (SSSR count). The number of benzene rings is 7. The van der Waals surface area contributed by atoms with Crippen LogP contribution in [0.4, 0.5) is 21.0 Å². The third kappa shape index (κ3) is 13.0. The van der Waals surface area contributed by atoms with Crippen molar-refractivity contribution in [2.75, 3.05) is 89.0 Å². The van der Waals surface area contributed by atoms with E-state index in [1.54, 1.807) is 9.80 Å². The largest absolute Gasteiger partial charge is 0.491 e. The van der Waals surface area contributed by atoms with Gasteiger partial charge in [0, 0.05) is 11.8 Å². The van der Waals surface area contributed by atoms with E-state index in [0.717, 1.165) is 88.4 Å². The number of ether oxygens (including phenoxy) is 12. The molecule has 0 spiro atoms. The van der Waals surface area contributed by atoms with Crippen molar-refractivity contribution in [3.8, 4) is 34.5 Å². The Morgan fingerprint density at radius 3 is 0.802 bits per heavy atom. The molecule has 2 amide bonds. The van der Waals surface area contributed by atoms with Gasteiger partial charge in [-0.2, -0.15) is 0 Å². The lowest BCUT2D eigenvalue weighted by atomic mass is 9.85. The summed E-state index contributed by atoms with van der Waals surface area (Å²) in [7, 11) is 0. The highest BCUT2D eigenvalue weighted by Gasteiger charge is 2.38. The van der Waals surface area contributed by atoms with E-state index >= 15 is 0 Å². The average Bonchev–Trinajstić information content (AvgIpc) is 4.28. The molecule has 7 aromatic rings. The summed E-state index contributed by atoms with van der Waals surface area (Å²) in [6.45, 7) is 7.83. The lowest BCUT2D eigenvalue weighted by Gasteiger charge is -2.22. The van der Waals surface area contributed by atoms with E-state index in [-0.39, 0.29) is 62.6 Å². The summed E-state index contributed by atoms with van der Waals surface area (Å²) in [6, 6.07) is 54.3. The Kier molecular flexibility index (Phi) is 15.1. The highest BCUT2D eigenvalue weighted by Crippen LogP contribution is 2.39. The first-order chi connectivity index (χ1) is 39.8. The number of carbonyl (C=O) groups excluding carboxylic acids is 2. The Balaban J connectivity index is 0.623. The predicted molar refractivity (Wildman–Crippen MR) is 299 cm³/mol. The Bertz CT molecular complexity index is 2940. The third-order valence-electron chi connectivity index (χ3n) is 15.1. The molecule has 0 aromatic heterocycles. The number of hydrogen-bond donors (Lipinski definition) is 0. The van der Waals surface area contributed by atoms with Gasteiger partial charge in [0.25, 0.3) is 0 Å². The molecule has 16 nitrogen and oxygen atoms in total. The number of epoxide rings is 4. The topological polar surface area (TPSA) is 165 Å². The molecule has 0 bridgehead atoms. The van der Waals surface area contributed by atoms with Gasteiger partial charge in [0.15, 0.2) is 12.2 Å². The van der Waals surface area contributed by atoms with Crippen LogP contribution in [0.3, 0.4) is 0 Å². The van der Waals surface area contributed by atoms with Crippen molar-refractivity contribution >= 4 is 23.6 Å². The summed E-state index contributed by atoms with van der Waals surface area (Å²) < 4.78 is 69.2. The van der Waals surface area contributed by atoms with Crippen molar-refractivity contribution in [3.63, 3.8) is 0 Å². The maximum Gasteiger partial charge on any atom is 0.414 e. The fourth-order valence-electron chi connectivity index (χ4n) is 10.3. The van der Waals surface area contributed by atoms with E-state index in [1.165, 1.54) is 0 Å². The third-order valence-corrected chi connectivity index (χ3v) is 15.1. The van der Waals surface area contributed by atoms with Crippen molar-refractivity contribution in [3.05, 3.63) is 203 Å². The molecule has 6 saturated heterocycles. The first-order valence-electron chi connectivity index (χ1n) is 27.7. The van der Waals surface area contributed by atoms with E-state index in [0.29, 0.717) is 49.3 Å². The molecule has 6 fully saturated rings. The lowest BCUT2D eigenvalue weighted by Crippen LogP contribution is -2.29. The summed E-state index contributed by atoms with van der Waals surface area (Å²) in [6.07, 6.45) is -1.37. The van der Waals surface area contributed by atoms with Crippen LogP contribution in [-0.4, -0.2) is 128 Å². The van der Waals surface area contributed by atoms with Gasteiger partial charge in [-0.15, -0.1) is 0 Å². The van der Waals surface area contributed by atoms with Gasteiger partial charge in [-0.05, 0) is 131 Å².